The molecule has 0 unspecified atom stereocenters. The number of hydrogen-bond donors (Lipinski definition) is 2. The standard InChI is InChI=1S/C24H23ClN4O4/c1-14(21(30)31)15(2)29-23(32)27-22(26-20-11-8-17-4-3-5-18(17)12-20)28(24(29)33)13-16-6-9-19(25)10-7-16/h3,5-12,14-15H,4,13H2,1-2H3,(H,30,31)(H,26,27,32)/t14-,15+/m1/s1. The smallest absolute Gasteiger partial charge is 0.355 e. The molecule has 170 valence electrons. The Labute approximate surface area is 194 Å². The van der Waals surface area contributed by atoms with E-state index in [0.717, 1.165) is 22.1 Å². The van der Waals surface area contributed by atoms with Crippen molar-refractivity contribution in [3.8, 4) is 0 Å². The van der Waals surface area contributed by atoms with E-state index in [-0.39, 0.29) is 12.5 Å². The molecule has 1 aliphatic carbocycles. The van der Waals surface area contributed by atoms with E-state index in [4.69, 9.17) is 11.6 Å². The van der Waals surface area contributed by atoms with Crippen LogP contribution in [0.4, 0.5) is 11.6 Å². The molecule has 2 aromatic carbocycles. The molecule has 2 atom stereocenters. The second-order valence-electron chi connectivity index (χ2n) is 8.10. The van der Waals surface area contributed by atoms with Crippen LogP contribution in [0.2, 0.25) is 5.02 Å². The number of aromatic nitrogens is 3. The predicted octanol–water partition coefficient (Wildman–Crippen LogP) is 3.70. The first-order chi connectivity index (χ1) is 15.7. The Morgan fingerprint density at radius 3 is 2.61 bits per heavy atom. The molecule has 2 N–H and O–H groups in total. The molecular weight excluding hydrogens is 444 g/mol. The van der Waals surface area contributed by atoms with Gasteiger partial charge >= 0.3 is 17.3 Å². The Hall–Kier alpha value is -3.65. The molecule has 8 nitrogen and oxygen atoms in total. The topological polar surface area (TPSA) is 106 Å². The van der Waals surface area contributed by atoms with Gasteiger partial charge in [-0.15, -0.1) is 0 Å². The maximum atomic E-state index is 13.4. The normalized spacial score (nSPS) is 14.0. The summed E-state index contributed by atoms with van der Waals surface area (Å²) in [6.07, 6.45) is 4.95. The molecular formula is C24H23ClN4O4. The van der Waals surface area contributed by atoms with E-state index in [0.29, 0.717) is 10.7 Å². The van der Waals surface area contributed by atoms with Gasteiger partial charge in [-0.05, 0) is 61.2 Å². The van der Waals surface area contributed by atoms with Crippen LogP contribution in [0, 0.1) is 5.92 Å². The SMILES string of the molecule is C[C@@H](C(=O)O)[C@H](C)n1c(=O)nc(Nc2ccc3c(c2)C=CC3)n(Cc2ccc(Cl)cc2)c1=O. The highest BCUT2D eigenvalue weighted by Crippen LogP contribution is 2.25. The number of nitrogens with one attached hydrogen (secondary N) is 1. The number of fused-ring (bicyclic) bond motifs is 1. The highest BCUT2D eigenvalue weighted by Gasteiger charge is 2.26. The zero-order valence-electron chi connectivity index (χ0n) is 18.2. The van der Waals surface area contributed by atoms with Crippen molar-refractivity contribution in [2.75, 3.05) is 5.32 Å². The molecule has 0 fully saturated rings. The highest BCUT2D eigenvalue weighted by molar-refractivity contribution is 6.30. The Bertz CT molecular complexity index is 1360. The Morgan fingerprint density at radius 2 is 1.91 bits per heavy atom. The van der Waals surface area contributed by atoms with Crippen LogP contribution in [-0.4, -0.2) is 25.2 Å². The van der Waals surface area contributed by atoms with E-state index in [1.54, 1.807) is 24.3 Å². The minimum Gasteiger partial charge on any atom is -0.481 e. The Kier molecular flexibility index (Phi) is 6.20. The van der Waals surface area contributed by atoms with Crippen LogP contribution in [0.5, 0.6) is 0 Å². The molecule has 1 aromatic heterocycles. The number of carboxylic acid groups (broad SMARTS) is 1. The number of hydrogen-bond acceptors (Lipinski definition) is 5. The summed E-state index contributed by atoms with van der Waals surface area (Å²) in [5, 5.41) is 13.0. The molecule has 4 rings (SSSR count). The van der Waals surface area contributed by atoms with Crippen molar-refractivity contribution in [2.24, 2.45) is 5.92 Å². The molecule has 1 aliphatic rings. The maximum Gasteiger partial charge on any atom is 0.355 e. The zero-order chi connectivity index (χ0) is 23.7. The van der Waals surface area contributed by atoms with Gasteiger partial charge in [-0.2, -0.15) is 4.98 Å². The summed E-state index contributed by atoms with van der Waals surface area (Å²) in [5.41, 5.74) is 2.25. The molecule has 3 aromatic rings. The lowest BCUT2D eigenvalue weighted by molar-refractivity contribution is -0.142. The van der Waals surface area contributed by atoms with Gasteiger partial charge in [-0.25, -0.2) is 14.2 Å². The fourth-order valence-corrected chi connectivity index (χ4v) is 3.88. The van der Waals surface area contributed by atoms with Crippen molar-refractivity contribution in [3.05, 3.63) is 91.2 Å². The summed E-state index contributed by atoms with van der Waals surface area (Å²) < 4.78 is 2.23. The van der Waals surface area contributed by atoms with Crippen molar-refractivity contribution in [3.63, 3.8) is 0 Å². The highest BCUT2D eigenvalue weighted by atomic mass is 35.5. The summed E-state index contributed by atoms with van der Waals surface area (Å²) in [6.45, 7) is 3.09. The van der Waals surface area contributed by atoms with E-state index in [9.17, 15) is 19.5 Å². The average molecular weight is 467 g/mol. The molecule has 33 heavy (non-hydrogen) atoms. The number of aliphatic carboxylic acids is 1. The zero-order valence-corrected chi connectivity index (χ0v) is 18.9. The lowest BCUT2D eigenvalue weighted by Gasteiger charge is -2.21. The second kappa shape index (κ2) is 9.07. The number of nitrogens with zero attached hydrogens (tertiary/aromatic N) is 3. The lowest BCUT2D eigenvalue weighted by atomic mass is 10.0. The molecule has 0 spiro atoms. The Morgan fingerprint density at radius 1 is 1.18 bits per heavy atom. The van der Waals surface area contributed by atoms with Gasteiger partial charge in [0.1, 0.15) is 0 Å². The number of rotatable bonds is 7. The van der Waals surface area contributed by atoms with Crippen LogP contribution in [0.15, 0.2) is 58.1 Å². The Balaban J connectivity index is 1.81. The summed E-state index contributed by atoms with van der Waals surface area (Å²) in [6, 6.07) is 11.9. The van der Waals surface area contributed by atoms with Crippen molar-refractivity contribution in [1.29, 1.82) is 0 Å². The van der Waals surface area contributed by atoms with Crippen LogP contribution in [0.1, 0.15) is 36.6 Å². The summed E-state index contributed by atoms with van der Waals surface area (Å²) in [7, 11) is 0. The van der Waals surface area contributed by atoms with E-state index in [1.807, 2.05) is 24.3 Å². The molecule has 9 heteroatoms. The van der Waals surface area contributed by atoms with Crippen LogP contribution in [0.25, 0.3) is 6.08 Å². The summed E-state index contributed by atoms with van der Waals surface area (Å²) in [4.78, 5) is 41.9. The van der Waals surface area contributed by atoms with Gasteiger partial charge < -0.3 is 10.4 Å². The van der Waals surface area contributed by atoms with Crippen LogP contribution in [-0.2, 0) is 17.8 Å². The fraction of sp³-hybridized carbons (Fsp3) is 0.250. The first-order valence-corrected chi connectivity index (χ1v) is 10.9. The van der Waals surface area contributed by atoms with Crippen LogP contribution < -0.4 is 16.7 Å². The van der Waals surface area contributed by atoms with Gasteiger partial charge in [0.2, 0.25) is 5.95 Å². The lowest BCUT2D eigenvalue weighted by Crippen LogP contribution is -2.46. The average Bonchev–Trinajstić information content (AvgIpc) is 3.25. The number of benzene rings is 2. The van der Waals surface area contributed by atoms with Crippen molar-refractivity contribution in [2.45, 2.75) is 32.9 Å². The molecule has 0 saturated carbocycles. The second-order valence-corrected chi connectivity index (χ2v) is 8.53. The molecule has 1 heterocycles. The quantitative estimate of drug-likeness (QED) is 0.550. The first-order valence-electron chi connectivity index (χ1n) is 10.5. The predicted molar refractivity (Wildman–Crippen MR) is 127 cm³/mol. The monoisotopic (exact) mass is 466 g/mol. The number of carboxylic acids is 1. The van der Waals surface area contributed by atoms with E-state index < -0.39 is 29.3 Å². The van der Waals surface area contributed by atoms with Crippen LogP contribution >= 0.6 is 11.6 Å². The van der Waals surface area contributed by atoms with Gasteiger partial charge in [-0.3, -0.25) is 9.36 Å². The molecule has 0 aliphatic heterocycles. The van der Waals surface area contributed by atoms with Gasteiger partial charge in [0.15, 0.2) is 0 Å². The summed E-state index contributed by atoms with van der Waals surface area (Å²) in [5.74, 6) is -1.98. The summed E-state index contributed by atoms with van der Waals surface area (Å²) >= 11 is 5.98. The first kappa shape index (κ1) is 22.5. The minimum absolute atomic E-state index is 0.0771. The van der Waals surface area contributed by atoms with Gasteiger partial charge in [0.05, 0.1) is 18.5 Å². The number of carbonyl (C=O) groups is 1. The third kappa shape index (κ3) is 4.61. The number of anilines is 2. The van der Waals surface area contributed by atoms with E-state index in [2.05, 4.69) is 16.4 Å². The molecule has 0 bridgehead atoms. The number of allylic oxidation sites excluding steroid dienone is 1. The van der Waals surface area contributed by atoms with Crippen molar-refractivity contribution < 1.29 is 9.90 Å². The van der Waals surface area contributed by atoms with E-state index >= 15 is 0 Å². The maximum absolute atomic E-state index is 13.4. The minimum atomic E-state index is -1.11. The molecule has 0 radical (unpaired) electrons. The van der Waals surface area contributed by atoms with Crippen molar-refractivity contribution >= 4 is 35.3 Å². The van der Waals surface area contributed by atoms with Gasteiger partial charge in [0.25, 0.3) is 0 Å². The van der Waals surface area contributed by atoms with Crippen molar-refractivity contribution in [1.82, 2.24) is 14.1 Å². The van der Waals surface area contributed by atoms with E-state index in [1.165, 1.54) is 24.0 Å². The van der Waals surface area contributed by atoms with Gasteiger partial charge in [0, 0.05) is 10.7 Å². The fourth-order valence-electron chi connectivity index (χ4n) is 3.75. The number of halogens is 1. The molecule has 0 amide bonds. The third-order valence-corrected chi connectivity index (χ3v) is 6.16. The van der Waals surface area contributed by atoms with Crippen LogP contribution in [0.3, 0.4) is 0 Å². The largest absolute Gasteiger partial charge is 0.481 e. The third-order valence-electron chi connectivity index (χ3n) is 5.91. The molecule has 0 saturated heterocycles. The van der Waals surface area contributed by atoms with Gasteiger partial charge in [-0.1, -0.05) is 42.0 Å².